The van der Waals surface area contributed by atoms with Crippen LogP contribution in [0.4, 0.5) is 5.69 Å². The zero-order chi connectivity index (χ0) is 15.8. The van der Waals surface area contributed by atoms with Crippen LogP contribution in [0.5, 0.6) is 0 Å². The Labute approximate surface area is 157 Å². The van der Waals surface area contributed by atoms with Crippen LogP contribution in [0.1, 0.15) is 25.8 Å². The fourth-order valence-electron chi connectivity index (χ4n) is 1.62. The first-order chi connectivity index (χ1) is 9.96. The standard InChI is InChI=1S/C15H23BrN4O.HI/c1-5-11(3)19-15(17-4)18-9-14(21)20-13-8-12(16)7-6-10(13)2;/h6-8,11H,5,9H2,1-4H3,(H,20,21)(H2,17,18,19);1H. The molecule has 0 radical (unpaired) electrons. The highest BCUT2D eigenvalue weighted by Gasteiger charge is 2.07. The van der Waals surface area contributed by atoms with Gasteiger partial charge in [0.25, 0.3) is 0 Å². The summed E-state index contributed by atoms with van der Waals surface area (Å²) < 4.78 is 0.936. The molecule has 0 heterocycles. The predicted octanol–water partition coefficient (Wildman–Crippen LogP) is 3.28. The highest BCUT2D eigenvalue weighted by Crippen LogP contribution is 2.20. The van der Waals surface area contributed by atoms with Crippen molar-refractivity contribution in [2.45, 2.75) is 33.2 Å². The molecule has 7 heteroatoms. The molecule has 0 spiro atoms. The average molecular weight is 483 g/mol. The summed E-state index contributed by atoms with van der Waals surface area (Å²) in [6, 6.07) is 6.10. The van der Waals surface area contributed by atoms with E-state index in [0.29, 0.717) is 12.0 Å². The number of aryl methyl sites for hydroxylation is 1. The molecule has 0 fully saturated rings. The van der Waals surface area contributed by atoms with Crippen LogP contribution >= 0.6 is 39.9 Å². The quantitative estimate of drug-likeness (QED) is 0.343. The molecule has 1 aromatic rings. The fourth-order valence-corrected chi connectivity index (χ4v) is 1.98. The van der Waals surface area contributed by atoms with Crippen LogP contribution in [0.3, 0.4) is 0 Å². The zero-order valence-corrected chi connectivity index (χ0v) is 17.3. The van der Waals surface area contributed by atoms with Gasteiger partial charge in [-0.25, -0.2) is 0 Å². The summed E-state index contributed by atoms with van der Waals surface area (Å²) in [5.41, 5.74) is 1.83. The molecule has 1 rings (SSSR count). The summed E-state index contributed by atoms with van der Waals surface area (Å²) in [4.78, 5) is 16.1. The molecular weight excluding hydrogens is 459 g/mol. The number of nitrogens with one attached hydrogen (secondary N) is 3. The van der Waals surface area contributed by atoms with Crippen molar-refractivity contribution in [1.82, 2.24) is 10.6 Å². The van der Waals surface area contributed by atoms with E-state index in [1.807, 2.05) is 25.1 Å². The molecule has 1 amide bonds. The van der Waals surface area contributed by atoms with Crippen molar-refractivity contribution in [1.29, 1.82) is 0 Å². The monoisotopic (exact) mass is 482 g/mol. The van der Waals surface area contributed by atoms with Crippen LogP contribution in [0.2, 0.25) is 0 Å². The maximum absolute atomic E-state index is 12.0. The number of amides is 1. The third-order valence-corrected chi connectivity index (χ3v) is 3.60. The summed E-state index contributed by atoms with van der Waals surface area (Å²) in [6.07, 6.45) is 0.990. The van der Waals surface area contributed by atoms with E-state index < -0.39 is 0 Å². The molecule has 124 valence electrons. The van der Waals surface area contributed by atoms with Crippen LogP contribution in [-0.4, -0.2) is 31.5 Å². The number of halogens is 2. The number of benzene rings is 1. The number of hydrogen-bond acceptors (Lipinski definition) is 2. The first kappa shape index (κ1) is 21.2. The molecule has 0 aliphatic rings. The molecule has 0 bridgehead atoms. The summed E-state index contributed by atoms with van der Waals surface area (Å²) in [5.74, 6) is 0.522. The lowest BCUT2D eigenvalue weighted by atomic mass is 10.2. The van der Waals surface area contributed by atoms with E-state index in [1.54, 1.807) is 7.05 Å². The number of nitrogens with zero attached hydrogens (tertiary/aromatic N) is 1. The van der Waals surface area contributed by atoms with Crippen molar-refractivity contribution < 1.29 is 4.79 Å². The lowest BCUT2D eigenvalue weighted by Crippen LogP contribution is -2.44. The fraction of sp³-hybridized carbons (Fsp3) is 0.467. The highest BCUT2D eigenvalue weighted by molar-refractivity contribution is 14.0. The van der Waals surface area contributed by atoms with Gasteiger partial charge >= 0.3 is 0 Å². The van der Waals surface area contributed by atoms with E-state index >= 15 is 0 Å². The number of hydrogen-bond donors (Lipinski definition) is 3. The smallest absolute Gasteiger partial charge is 0.243 e. The van der Waals surface area contributed by atoms with Gasteiger partial charge in [0.05, 0.1) is 6.54 Å². The van der Waals surface area contributed by atoms with Gasteiger partial charge in [0.15, 0.2) is 5.96 Å². The molecule has 0 aliphatic carbocycles. The second-order valence-electron chi connectivity index (χ2n) is 4.89. The topological polar surface area (TPSA) is 65.5 Å². The molecule has 1 aromatic carbocycles. The molecule has 0 saturated heterocycles. The predicted molar refractivity (Wildman–Crippen MR) is 107 cm³/mol. The van der Waals surface area contributed by atoms with Gasteiger partial charge in [-0.2, -0.15) is 0 Å². The van der Waals surface area contributed by atoms with Gasteiger partial charge in [-0.3, -0.25) is 9.79 Å². The van der Waals surface area contributed by atoms with Crippen molar-refractivity contribution in [3.05, 3.63) is 28.2 Å². The number of rotatable bonds is 5. The van der Waals surface area contributed by atoms with Crippen molar-refractivity contribution in [3.8, 4) is 0 Å². The van der Waals surface area contributed by atoms with Crippen molar-refractivity contribution in [2.24, 2.45) is 4.99 Å². The lowest BCUT2D eigenvalue weighted by Gasteiger charge is -2.16. The van der Waals surface area contributed by atoms with E-state index in [0.717, 1.165) is 22.1 Å². The van der Waals surface area contributed by atoms with Crippen LogP contribution in [0, 0.1) is 6.92 Å². The number of aliphatic imine (C=N–C) groups is 1. The third kappa shape index (κ3) is 7.44. The maximum atomic E-state index is 12.0. The van der Waals surface area contributed by atoms with Crippen molar-refractivity contribution in [2.75, 3.05) is 18.9 Å². The van der Waals surface area contributed by atoms with Crippen LogP contribution < -0.4 is 16.0 Å². The molecule has 3 N–H and O–H groups in total. The van der Waals surface area contributed by atoms with Crippen molar-refractivity contribution >= 4 is 57.5 Å². The normalized spacial score (nSPS) is 12.1. The average Bonchev–Trinajstić information content (AvgIpc) is 2.46. The van der Waals surface area contributed by atoms with Crippen LogP contribution in [-0.2, 0) is 4.79 Å². The molecule has 0 saturated carbocycles. The second kappa shape index (κ2) is 10.8. The summed E-state index contributed by atoms with van der Waals surface area (Å²) in [5, 5.41) is 9.09. The lowest BCUT2D eigenvalue weighted by molar-refractivity contribution is -0.115. The van der Waals surface area contributed by atoms with E-state index in [-0.39, 0.29) is 36.4 Å². The molecule has 1 unspecified atom stereocenters. The molecule has 5 nitrogen and oxygen atoms in total. The Morgan fingerprint density at radius 2 is 2.09 bits per heavy atom. The Hall–Kier alpha value is -0.830. The SMILES string of the molecule is CCC(C)NC(=NC)NCC(=O)Nc1cc(Br)ccc1C.I. The van der Waals surface area contributed by atoms with E-state index in [1.165, 1.54) is 0 Å². The minimum atomic E-state index is -0.108. The second-order valence-corrected chi connectivity index (χ2v) is 5.80. The van der Waals surface area contributed by atoms with Gasteiger partial charge in [-0.15, -0.1) is 24.0 Å². The number of guanidine groups is 1. The maximum Gasteiger partial charge on any atom is 0.243 e. The van der Waals surface area contributed by atoms with Gasteiger partial charge in [-0.05, 0) is 38.0 Å². The Morgan fingerprint density at radius 3 is 2.68 bits per heavy atom. The van der Waals surface area contributed by atoms with E-state index in [2.05, 4.69) is 50.7 Å². The van der Waals surface area contributed by atoms with Gasteiger partial charge in [-0.1, -0.05) is 28.9 Å². The van der Waals surface area contributed by atoms with Crippen LogP contribution in [0.15, 0.2) is 27.7 Å². The van der Waals surface area contributed by atoms with Gasteiger partial charge in [0, 0.05) is 23.2 Å². The zero-order valence-electron chi connectivity index (χ0n) is 13.4. The Balaban J connectivity index is 0.00000441. The summed E-state index contributed by atoms with van der Waals surface area (Å²) in [6.45, 7) is 6.28. The first-order valence-electron chi connectivity index (χ1n) is 6.99. The third-order valence-electron chi connectivity index (χ3n) is 3.11. The van der Waals surface area contributed by atoms with Gasteiger partial charge in [0.2, 0.25) is 5.91 Å². The van der Waals surface area contributed by atoms with E-state index in [9.17, 15) is 4.79 Å². The van der Waals surface area contributed by atoms with E-state index in [4.69, 9.17) is 0 Å². The molecule has 1 atom stereocenters. The number of anilines is 1. The first-order valence-corrected chi connectivity index (χ1v) is 7.78. The highest BCUT2D eigenvalue weighted by atomic mass is 127. The number of carbonyl (C=O) groups is 1. The number of carbonyl (C=O) groups excluding carboxylic acids is 1. The molecule has 22 heavy (non-hydrogen) atoms. The largest absolute Gasteiger partial charge is 0.354 e. The van der Waals surface area contributed by atoms with Crippen LogP contribution in [0.25, 0.3) is 0 Å². The molecule has 0 aromatic heterocycles. The molecule has 0 aliphatic heterocycles. The summed E-state index contributed by atoms with van der Waals surface area (Å²) >= 11 is 3.40. The minimum Gasteiger partial charge on any atom is -0.354 e. The Kier molecular flexibility index (Phi) is 10.4. The van der Waals surface area contributed by atoms with Gasteiger partial charge in [0.1, 0.15) is 0 Å². The van der Waals surface area contributed by atoms with Gasteiger partial charge < -0.3 is 16.0 Å². The Morgan fingerprint density at radius 1 is 1.41 bits per heavy atom. The minimum absolute atomic E-state index is 0. The molecular formula is C15H24BrIN4O. The van der Waals surface area contributed by atoms with Crippen molar-refractivity contribution in [3.63, 3.8) is 0 Å². The Bertz CT molecular complexity index is 522. The summed E-state index contributed by atoms with van der Waals surface area (Å²) in [7, 11) is 1.69.